The maximum atomic E-state index is 12.4. The Morgan fingerprint density at radius 2 is 1.11 bits per heavy atom. The number of nitrogens with zero attached hydrogens (tertiary/aromatic N) is 6. The molecule has 0 aliphatic heterocycles. The molecule has 288 valence electrons. The molecule has 0 radical (unpaired) electrons. The Morgan fingerprint density at radius 3 is 1.61 bits per heavy atom. The molecular weight excluding hydrogens is 763 g/mol. The van der Waals surface area contributed by atoms with Crippen LogP contribution in [0.15, 0.2) is 71.2 Å². The van der Waals surface area contributed by atoms with Gasteiger partial charge in [-0.25, -0.2) is 19.3 Å². The quantitative estimate of drug-likeness (QED) is 0.0615. The molecule has 4 aromatic heterocycles. The minimum atomic E-state index is -4.40. The highest BCUT2D eigenvalue weighted by Gasteiger charge is 2.30. The third-order valence-corrected chi connectivity index (χ3v) is 9.71. The van der Waals surface area contributed by atoms with Crippen molar-refractivity contribution in [2.75, 3.05) is 24.9 Å². The summed E-state index contributed by atoms with van der Waals surface area (Å²) < 4.78 is 86.7. The van der Waals surface area contributed by atoms with E-state index in [0.717, 1.165) is 11.1 Å². The Balaban J connectivity index is 0.000000208. The summed E-state index contributed by atoms with van der Waals surface area (Å²) >= 11 is 2.62. The zero-order valence-corrected chi connectivity index (χ0v) is 30.3. The number of nitrogen functional groups attached to an aromatic ring is 2. The van der Waals surface area contributed by atoms with E-state index in [1.165, 1.54) is 57.4 Å². The Labute approximate surface area is 312 Å². The monoisotopic (exact) mass is 796 g/mol. The summed E-state index contributed by atoms with van der Waals surface area (Å²) in [5, 5.41) is 19.5. The van der Waals surface area contributed by atoms with Crippen molar-refractivity contribution >= 4 is 45.6 Å². The SMILES string of the molecule is Cc1c(OCC(F)(F)F)ccnc1CSc1nc2cc(CO)ccc2n1N.Cc1c(OCC(F)(F)F)ccnc1CSc1nc2ccc(CO)cc2n1N. The first kappa shape index (κ1) is 40.3. The van der Waals surface area contributed by atoms with E-state index in [4.69, 9.17) is 21.2 Å². The molecule has 0 saturated carbocycles. The highest BCUT2D eigenvalue weighted by atomic mass is 32.2. The maximum absolute atomic E-state index is 12.4. The molecule has 20 heteroatoms. The van der Waals surface area contributed by atoms with Crippen LogP contribution < -0.4 is 21.2 Å². The van der Waals surface area contributed by atoms with Gasteiger partial charge in [-0.3, -0.25) is 9.97 Å². The molecule has 0 amide bonds. The number of hydrogen-bond acceptors (Lipinski definition) is 12. The standard InChI is InChI=1S/2C17H17F3N4O2S/c1-10-13(22-5-4-15(10)26-9-17(18,19)20)8-27-16-23-12-6-11(7-25)2-3-14(12)24(16)21;1-10-13(22-5-4-15(10)26-9-17(18,19)20)8-27-16-23-12-3-2-11(7-25)6-14(12)24(16)21/h2*2-6,25H,7-9,21H2,1H3. The highest BCUT2D eigenvalue weighted by Crippen LogP contribution is 2.31. The normalized spacial score (nSPS) is 11.9. The lowest BCUT2D eigenvalue weighted by Gasteiger charge is -2.13. The molecule has 0 aliphatic rings. The minimum absolute atomic E-state index is 0.0936. The minimum Gasteiger partial charge on any atom is -0.484 e. The molecule has 6 aromatic rings. The molecule has 4 heterocycles. The number of ether oxygens (including phenoxy) is 2. The number of alkyl halides is 6. The van der Waals surface area contributed by atoms with E-state index in [1.54, 1.807) is 50.2 Å². The predicted octanol–water partition coefficient (Wildman–Crippen LogP) is 6.36. The molecule has 0 spiro atoms. The Morgan fingerprint density at radius 1 is 0.648 bits per heavy atom. The number of aliphatic hydroxyl groups excluding tert-OH is 2. The van der Waals surface area contributed by atoms with Crippen molar-refractivity contribution in [2.45, 2.75) is 61.2 Å². The second-order valence-corrected chi connectivity index (χ2v) is 13.5. The van der Waals surface area contributed by atoms with Crippen LogP contribution in [0.3, 0.4) is 0 Å². The van der Waals surface area contributed by atoms with E-state index in [-0.39, 0.29) is 24.7 Å². The van der Waals surface area contributed by atoms with Crippen LogP contribution in [-0.4, -0.2) is 65.1 Å². The zero-order valence-electron chi connectivity index (χ0n) is 28.6. The second-order valence-electron chi connectivity index (χ2n) is 11.6. The van der Waals surface area contributed by atoms with Gasteiger partial charge in [0.2, 0.25) is 0 Å². The zero-order chi connectivity index (χ0) is 39.2. The van der Waals surface area contributed by atoms with Crippen molar-refractivity contribution in [3.8, 4) is 11.5 Å². The number of hydrogen-bond donors (Lipinski definition) is 4. The molecule has 0 atom stereocenters. The molecule has 6 N–H and O–H groups in total. The van der Waals surface area contributed by atoms with E-state index >= 15 is 0 Å². The van der Waals surface area contributed by atoms with Gasteiger partial charge in [0.15, 0.2) is 23.5 Å². The van der Waals surface area contributed by atoms with Crippen molar-refractivity contribution in [3.05, 3.63) is 94.6 Å². The van der Waals surface area contributed by atoms with Gasteiger partial charge in [0, 0.05) is 35.0 Å². The first-order valence-corrected chi connectivity index (χ1v) is 17.8. The summed E-state index contributed by atoms with van der Waals surface area (Å²) in [7, 11) is 0. The van der Waals surface area contributed by atoms with Crippen LogP contribution in [0.2, 0.25) is 0 Å². The van der Waals surface area contributed by atoms with Crippen molar-refractivity contribution in [3.63, 3.8) is 0 Å². The summed E-state index contributed by atoms with van der Waals surface area (Å²) in [4.78, 5) is 17.3. The molecule has 12 nitrogen and oxygen atoms in total. The van der Waals surface area contributed by atoms with Crippen LogP contribution in [0.4, 0.5) is 26.3 Å². The molecule has 2 aromatic carbocycles. The van der Waals surface area contributed by atoms with Crippen molar-refractivity contribution in [2.24, 2.45) is 0 Å². The summed E-state index contributed by atoms with van der Waals surface area (Å²) in [6.45, 7) is 0.425. The highest BCUT2D eigenvalue weighted by molar-refractivity contribution is 7.98. The lowest BCUT2D eigenvalue weighted by atomic mass is 10.2. The second kappa shape index (κ2) is 17.0. The lowest BCUT2D eigenvalue weighted by Crippen LogP contribution is -2.19. The number of pyridine rings is 2. The molecule has 0 aliphatic carbocycles. The van der Waals surface area contributed by atoms with Gasteiger partial charge in [-0.1, -0.05) is 35.7 Å². The fourth-order valence-corrected chi connectivity index (χ4v) is 6.86. The third-order valence-electron chi connectivity index (χ3n) is 7.78. The Bertz CT molecular complexity index is 2160. The smallest absolute Gasteiger partial charge is 0.422 e. The fourth-order valence-electron chi connectivity index (χ4n) is 4.95. The van der Waals surface area contributed by atoms with Gasteiger partial charge in [0.05, 0.1) is 46.7 Å². The summed E-state index contributed by atoms with van der Waals surface area (Å²) in [5.41, 5.74) is 6.42. The van der Waals surface area contributed by atoms with E-state index in [9.17, 15) is 36.6 Å². The number of aliphatic hydroxyl groups is 2. The predicted molar refractivity (Wildman–Crippen MR) is 192 cm³/mol. The van der Waals surface area contributed by atoms with Gasteiger partial charge in [0.25, 0.3) is 0 Å². The number of fused-ring (bicyclic) bond motifs is 2. The van der Waals surface area contributed by atoms with E-state index < -0.39 is 25.6 Å². The molecule has 6 rings (SSSR count). The fraction of sp³-hybridized carbons (Fsp3) is 0.294. The van der Waals surface area contributed by atoms with Gasteiger partial charge in [-0.05, 0) is 61.4 Å². The Hall–Kier alpha value is -4.92. The van der Waals surface area contributed by atoms with Crippen LogP contribution in [0.5, 0.6) is 11.5 Å². The van der Waals surface area contributed by atoms with Crippen molar-refractivity contribution in [1.29, 1.82) is 0 Å². The van der Waals surface area contributed by atoms with Crippen LogP contribution in [-0.2, 0) is 24.7 Å². The molecule has 54 heavy (non-hydrogen) atoms. The van der Waals surface area contributed by atoms with Crippen molar-refractivity contribution in [1.82, 2.24) is 29.3 Å². The Kier molecular flexibility index (Phi) is 12.7. The average molecular weight is 797 g/mol. The first-order chi connectivity index (χ1) is 25.6. The van der Waals surface area contributed by atoms with Crippen LogP contribution in [0, 0.1) is 13.8 Å². The number of aromatic nitrogens is 6. The van der Waals surface area contributed by atoms with Crippen molar-refractivity contribution < 1.29 is 46.0 Å². The van der Waals surface area contributed by atoms with Gasteiger partial charge in [0.1, 0.15) is 11.5 Å². The number of nitrogens with two attached hydrogens (primary N) is 2. The van der Waals surface area contributed by atoms with Crippen LogP contribution in [0.1, 0.15) is 33.6 Å². The van der Waals surface area contributed by atoms with Crippen LogP contribution >= 0.6 is 23.5 Å². The van der Waals surface area contributed by atoms with Crippen LogP contribution in [0.25, 0.3) is 22.1 Å². The maximum Gasteiger partial charge on any atom is 0.422 e. The number of rotatable bonds is 12. The lowest BCUT2D eigenvalue weighted by molar-refractivity contribution is -0.154. The van der Waals surface area contributed by atoms with Gasteiger partial charge in [-0.15, -0.1) is 0 Å². The third kappa shape index (κ3) is 10.2. The largest absolute Gasteiger partial charge is 0.484 e. The number of imidazole rings is 2. The first-order valence-electron chi connectivity index (χ1n) is 15.8. The molecule has 0 fully saturated rings. The average Bonchev–Trinajstić information content (AvgIpc) is 3.62. The van der Waals surface area contributed by atoms with E-state index in [0.29, 0.717) is 66.4 Å². The summed E-state index contributed by atoms with van der Waals surface area (Å²) in [5.74, 6) is 13.1. The summed E-state index contributed by atoms with van der Waals surface area (Å²) in [6.07, 6.45) is -5.98. The van der Waals surface area contributed by atoms with Gasteiger partial charge in [-0.2, -0.15) is 26.3 Å². The number of benzene rings is 2. The van der Waals surface area contributed by atoms with E-state index in [2.05, 4.69) is 19.9 Å². The molecule has 0 unspecified atom stereocenters. The molecule has 0 bridgehead atoms. The molecular formula is C34H34F6N8O4S2. The summed E-state index contributed by atoms with van der Waals surface area (Å²) in [6, 6.07) is 13.4. The topological polar surface area (TPSA) is 172 Å². The number of halogens is 6. The molecule has 0 saturated heterocycles. The van der Waals surface area contributed by atoms with E-state index in [1.807, 2.05) is 0 Å². The van der Waals surface area contributed by atoms with Gasteiger partial charge >= 0.3 is 12.4 Å². The number of thioether (sulfide) groups is 2. The van der Waals surface area contributed by atoms with Gasteiger partial charge < -0.3 is 31.4 Å².